The Morgan fingerprint density at radius 2 is 1.15 bits per heavy atom. The van der Waals surface area contributed by atoms with Crippen molar-refractivity contribution in [3.63, 3.8) is 0 Å². The second kappa shape index (κ2) is 15.4. The van der Waals surface area contributed by atoms with Gasteiger partial charge in [-0.3, -0.25) is 27.7 Å². The van der Waals surface area contributed by atoms with E-state index in [1.165, 1.54) is 0 Å². The molecule has 1 aliphatic carbocycles. The maximum Gasteiger partial charge on any atom is 0.472 e. The van der Waals surface area contributed by atoms with E-state index in [2.05, 4.69) is 13.6 Å². The summed E-state index contributed by atoms with van der Waals surface area (Å²) in [5.74, 6) is -1.43. The number of hydrogen-bond donors (Lipinski definition) is 8. The number of esters is 2. The Balaban J connectivity index is 3.07. The van der Waals surface area contributed by atoms with Crippen LogP contribution in [-0.4, -0.2) is 108 Å². The van der Waals surface area contributed by atoms with Crippen LogP contribution in [-0.2, 0) is 50.9 Å². The maximum atomic E-state index is 12.5. The lowest BCUT2D eigenvalue weighted by atomic mass is 9.85. The summed E-state index contributed by atoms with van der Waals surface area (Å²) in [5, 5.41) is 30.9. The number of aliphatic hydroxyl groups excluding tert-OH is 3. The SMILES string of the molecule is CCCC(=O)OC[C@H](COP(=O)(O)O[C@H]1[C@H](O)[C@@H](O)[C@H](OP(=O)(O)O)[C@@H](OP(=O)(O)O)[C@H]1O)OC(=O)CCC. The first-order valence-electron chi connectivity index (χ1n) is 11.3. The Bertz CT molecular complexity index is 948. The van der Waals surface area contributed by atoms with E-state index in [9.17, 15) is 43.5 Å². The molecule has 0 bridgehead atoms. The van der Waals surface area contributed by atoms with Gasteiger partial charge in [0.25, 0.3) is 0 Å². The topological polar surface area (TPSA) is 303 Å². The van der Waals surface area contributed by atoms with Crippen LogP contribution in [0.15, 0.2) is 0 Å². The van der Waals surface area contributed by atoms with Crippen molar-refractivity contribution in [3.8, 4) is 0 Å². The van der Waals surface area contributed by atoms with Crippen molar-refractivity contribution in [1.82, 2.24) is 0 Å². The van der Waals surface area contributed by atoms with Crippen LogP contribution >= 0.6 is 23.5 Å². The standard InChI is InChI=1S/C17H33O19P3/c1-3-5-10(18)31-7-9(33-11(19)6-4-2)8-32-39(29,30)36-15-12(20)13(21)16(34-37(23,24)25)17(14(15)22)35-38(26,27)28/h9,12-17,20-22H,3-8H2,1-2H3,(H,29,30)(H2,23,24,25)(H2,26,27,28)/t9-,12-,13-,14+,15+,16+,17+/m1/s1. The molecule has 0 spiro atoms. The predicted molar refractivity (Wildman–Crippen MR) is 123 cm³/mol. The van der Waals surface area contributed by atoms with Gasteiger partial charge in [0.1, 0.15) is 43.2 Å². The minimum absolute atomic E-state index is 0.0302. The summed E-state index contributed by atoms with van der Waals surface area (Å²) in [6.07, 6.45) is -15.5. The van der Waals surface area contributed by atoms with Gasteiger partial charge in [-0.15, -0.1) is 0 Å². The second-order valence-electron chi connectivity index (χ2n) is 8.22. The van der Waals surface area contributed by atoms with E-state index in [4.69, 9.17) is 33.6 Å². The second-order valence-corrected chi connectivity index (χ2v) is 12.0. The molecular weight excluding hydrogens is 601 g/mol. The molecule has 0 aliphatic heterocycles. The first kappa shape index (κ1) is 36.2. The van der Waals surface area contributed by atoms with Gasteiger partial charge in [0.05, 0.1) is 6.61 Å². The summed E-state index contributed by atoms with van der Waals surface area (Å²) >= 11 is 0. The normalized spacial score (nSPS) is 28.4. The Morgan fingerprint density at radius 1 is 0.692 bits per heavy atom. The van der Waals surface area contributed by atoms with Gasteiger partial charge >= 0.3 is 35.4 Å². The zero-order valence-corrected chi connectivity index (χ0v) is 23.4. The molecular formula is C17H33O19P3. The minimum atomic E-state index is -5.56. The highest BCUT2D eigenvalue weighted by atomic mass is 31.2. The van der Waals surface area contributed by atoms with Crippen LogP contribution in [0, 0.1) is 0 Å². The zero-order valence-electron chi connectivity index (χ0n) is 20.7. The van der Waals surface area contributed by atoms with E-state index >= 15 is 0 Å². The number of carbonyl (C=O) groups excluding carboxylic acids is 2. The van der Waals surface area contributed by atoms with Gasteiger partial charge in [-0.1, -0.05) is 13.8 Å². The van der Waals surface area contributed by atoms with E-state index < -0.39 is 91.3 Å². The van der Waals surface area contributed by atoms with E-state index in [-0.39, 0.29) is 12.8 Å². The molecule has 0 aromatic heterocycles. The summed E-state index contributed by atoms with van der Waals surface area (Å²) in [5.41, 5.74) is 0. The smallest absolute Gasteiger partial charge is 0.462 e. The average molecular weight is 634 g/mol. The van der Waals surface area contributed by atoms with Gasteiger partial charge in [0.15, 0.2) is 6.10 Å². The van der Waals surface area contributed by atoms with E-state index in [0.717, 1.165) is 0 Å². The van der Waals surface area contributed by atoms with Gasteiger partial charge in [-0.2, -0.15) is 0 Å². The first-order valence-corrected chi connectivity index (χ1v) is 15.9. The van der Waals surface area contributed by atoms with E-state index in [1.807, 2.05) is 0 Å². The quantitative estimate of drug-likeness (QED) is 0.0714. The molecule has 230 valence electrons. The maximum absolute atomic E-state index is 12.5. The third-order valence-electron chi connectivity index (χ3n) is 4.85. The molecule has 19 nitrogen and oxygen atoms in total. The lowest BCUT2D eigenvalue weighted by molar-refractivity contribution is -0.213. The zero-order chi connectivity index (χ0) is 30.2. The highest BCUT2D eigenvalue weighted by Crippen LogP contribution is 2.51. The lowest BCUT2D eigenvalue weighted by Gasteiger charge is -2.44. The molecule has 39 heavy (non-hydrogen) atoms. The third-order valence-corrected chi connectivity index (χ3v) is 6.87. The fraction of sp³-hybridized carbons (Fsp3) is 0.882. The van der Waals surface area contributed by atoms with Crippen LogP contribution in [0.3, 0.4) is 0 Å². The number of rotatable bonds is 16. The largest absolute Gasteiger partial charge is 0.472 e. The molecule has 0 saturated heterocycles. The molecule has 0 aromatic rings. The summed E-state index contributed by atoms with van der Waals surface area (Å²) in [4.78, 5) is 69.8. The van der Waals surface area contributed by atoms with Gasteiger partial charge in [0.2, 0.25) is 0 Å². The first-order chi connectivity index (χ1) is 17.8. The van der Waals surface area contributed by atoms with Crippen molar-refractivity contribution in [2.24, 2.45) is 0 Å². The van der Waals surface area contributed by atoms with Crippen molar-refractivity contribution in [1.29, 1.82) is 0 Å². The number of hydrogen-bond acceptors (Lipinski definition) is 14. The van der Waals surface area contributed by atoms with Gasteiger partial charge in [0, 0.05) is 12.8 Å². The number of phosphoric acid groups is 3. The van der Waals surface area contributed by atoms with Crippen LogP contribution in [0.4, 0.5) is 0 Å². The van der Waals surface area contributed by atoms with Gasteiger partial charge in [-0.25, -0.2) is 13.7 Å². The van der Waals surface area contributed by atoms with Crippen LogP contribution in [0.1, 0.15) is 39.5 Å². The molecule has 1 aliphatic rings. The Kier molecular flexibility index (Phi) is 14.3. The average Bonchev–Trinajstić information content (AvgIpc) is 2.78. The molecule has 1 unspecified atom stereocenters. The minimum Gasteiger partial charge on any atom is -0.462 e. The van der Waals surface area contributed by atoms with Gasteiger partial charge < -0.3 is 49.3 Å². The molecule has 1 saturated carbocycles. The van der Waals surface area contributed by atoms with Crippen LogP contribution in [0.5, 0.6) is 0 Å². The number of ether oxygens (including phenoxy) is 2. The Hall–Kier alpha value is -0.850. The molecule has 1 fully saturated rings. The lowest BCUT2D eigenvalue weighted by Crippen LogP contribution is -2.65. The molecule has 22 heteroatoms. The fourth-order valence-electron chi connectivity index (χ4n) is 3.24. The van der Waals surface area contributed by atoms with Crippen molar-refractivity contribution in [2.75, 3.05) is 13.2 Å². The number of carbonyl (C=O) groups is 2. The highest BCUT2D eigenvalue weighted by molar-refractivity contribution is 7.47. The van der Waals surface area contributed by atoms with Crippen molar-refractivity contribution >= 4 is 35.4 Å². The molecule has 8 atom stereocenters. The predicted octanol–water partition coefficient (Wildman–Crippen LogP) is -1.40. The van der Waals surface area contributed by atoms with Crippen molar-refractivity contribution < 1.29 is 90.6 Å². The van der Waals surface area contributed by atoms with Crippen molar-refractivity contribution in [3.05, 3.63) is 0 Å². The molecule has 1 rings (SSSR count). The molecule has 0 heterocycles. The molecule has 0 aromatic carbocycles. The summed E-state index contributed by atoms with van der Waals surface area (Å²) in [7, 11) is -16.4. The van der Waals surface area contributed by atoms with E-state index in [1.54, 1.807) is 13.8 Å². The summed E-state index contributed by atoms with van der Waals surface area (Å²) < 4.78 is 62.8. The Labute approximate surface area is 222 Å². The summed E-state index contributed by atoms with van der Waals surface area (Å²) in [6.45, 7) is 1.86. The molecule has 0 radical (unpaired) electrons. The van der Waals surface area contributed by atoms with Crippen LogP contribution in [0.2, 0.25) is 0 Å². The Morgan fingerprint density at radius 3 is 1.64 bits per heavy atom. The molecule has 8 N–H and O–H groups in total. The van der Waals surface area contributed by atoms with Crippen LogP contribution in [0.25, 0.3) is 0 Å². The highest BCUT2D eigenvalue weighted by Gasteiger charge is 2.56. The third kappa shape index (κ3) is 13.1. The van der Waals surface area contributed by atoms with Gasteiger partial charge in [-0.05, 0) is 12.8 Å². The van der Waals surface area contributed by atoms with Crippen molar-refractivity contribution in [2.45, 2.75) is 82.3 Å². The van der Waals surface area contributed by atoms with E-state index in [0.29, 0.717) is 12.8 Å². The monoisotopic (exact) mass is 634 g/mol. The van der Waals surface area contributed by atoms with Crippen LogP contribution < -0.4 is 0 Å². The number of phosphoric ester groups is 3. The summed E-state index contributed by atoms with van der Waals surface area (Å²) in [6, 6.07) is 0. The fourth-order valence-corrected chi connectivity index (χ4v) is 5.34. The molecule has 0 amide bonds. The number of aliphatic hydroxyl groups is 3.